The summed E-state index contributed by atoms with van der Waals surface area (Å²) in [6.45, 7) is 0. The number of halogens is 2. The smallest absolute Gasteiger partial charge is 0.274 e. The van der Waals surface area contributed by atoms with Crippen LogP contribution in [-0.4, -0.2) is 32.4 Å². The van der Waals surface area contributed by atoms with E-state index in [0.29, 0.717) is 31.5 Å². The van der Waals surface area contributed by atoms with Crippen LogP contribution in [0, 0.1) is 0 Å². The Labute approximate surface area is 200 Å². The number of anilines is 1. The second-order valence-electron chi connectivity index (χ2n) is 7.38. The number of rotatable bonds is 3. The highest BCUT2D eigenvalue weighted by atomic mass is 79.9. The van der Waals surface area contributed by atoms with Gasteiger partial charge in [0.2, 0.25) is 0 Å². The Hall–Kier alpha value is -3.69. The molecule has 2 aromatic heterocycles. The van der Waals surface area contributed by atoms with Crippen molar-refractivity contribution in [3.63, 3.8) is 0 Å². The van der Waals surface area contributed by atoms with Crippen molar-refractivity contribution in [2.75, 3.05) is 5.32 Å². The third kappa shape index (κ3) is 3.20. The zero-order chi connectivity index (χ0) is 23.4. The molecule has 0 fully saturated rings. The van der Waals surface area contributed by atoms with Crippen LogP contribution in [0.4, 0.5) is 5.82 Å². The van der Waals surface area contributed by atoms with Gasteiger partial charge in [-0.05, 0) is 45.8 Å². The molecule has 5 rings (SSSR count). The van der Waals surface area contributed by atoms with E-state index in [4.69, 9.17) is 11.6 Å². The van der Waals surface area contributed by atoms with Crippen molar-refractivity contribution in [2.45, 2.75) is 0 Å². The molecule has 0 saturated heterocycles. The first-order valence-corrected chi connectivity index (χ1v) is 10.9. The number of carbonyl (C=O) groups is 3. The predicted octanol–water partition coefficient (Wildman–Crippen LogP) is 4.50. The van der Waals surface area contributed by atoms with Gasteiger partial charge in [-0.25, -0.2) is 4.98 Å². The SMILES string of the molecule is Cn1c(C(=O)Nc2ncccc2O)c(Br)c2c3c(c(-c4ccccc4Cl)cc21)C(=O)NC3=O. The summed E-state index contributed by atoms with van der Waals surface area (Å²) in [6.07, 6.45) is 1.44. The van der Waals surface area contributed by atoms with Crippen LogP contribution >= 0.6 is 27.5 Å². The first kappa shape index (κ1) is 21.2. The van der Waals surface area contributed by atoms with E-state index >= 15 is 0 Å². The van der Waals surface area contributed by atoms with Crippen molar-refractivity contribution in [1.29, 1.82) is 0 Å². The average Bonchev–Trinajstić information content (AvgIpc) is 3.22. The fourth-order valence-electron chi connectivity index (χ4n) is 4.04. The summed E-state index contributed by atoms with van der Waals surface area (Å²) in [7, 11) is 1.66. The minimum absolute atomic E-state index is 0.00503. The minimum Gasteiger partial charge on any atom is -0.504 e. The maximum absolute atomic E-state index is 13.1. The molecule has 1 aliphatic heterocycles. The first-order chi connectivity index (χ1) is 15.8. The summed E-state index contributed by atoms with van der Waals surface area (Å²) < 4.78 is 1.94. The Morgan fingerprint density at radius 1 is 1.12 bits per heavy atom. The molecule has 0 saturated carbocycles. The molecule has 3 amide bonds. The topological polar surface area (TPSA) is 113 Å². The molecule has 4 aromatic rings. The third-order valence-corrected chi connectivity index (χ3v) is 6.61. The number of fused-ring (bicyclic) bond motifs is 3. The Bertz CT molecular complexity index is 1530. The Balaban J connectivity index is 1.78. The quantitative estimate of drug-likeness (QED) is 0.341. The van der Waals surface area contributed by atoms with Gasteiger partial charge in [-0.15, -0.1) is 0 Å². The largest absolute Gasteiger partial charge is 0.504 e. The van der Waals surface area contributed by atoms with Crippen LogP contribution in [0.3, 0.4) is 0 Å². The first-order valence-electron chi connectivity index (χ1n) is 9.70. The standard InChI is InChI=1S/C23H14BrClN4O4/c1-29-13-9-11(10-5-2-3-6-12(10)25)15-17(22(32)28-21(15)31)16(13)18(24)19(29)23(33)27-20-14(30)7-4-8-26-20/h2-9,30H,1H3,(H,26,27,33)(H,28,31,32). The highest BCUT2D eigenvalue weighted by molar-refractivity contribution is 9.10. The van der Waals surface area contributed by atoms with Gasteiger partial charge in [-0.3, -0.25) is 19.7 Å². The van der Waals surface area contributed by atoms with Gasteiger partial charge in [-0.1, -0.05) is 29.8 Å². The van der Waals surface area contributed by atoms with Gasteiger partial charge >= 0.3 is 0 Å². The lowest BCUT2D eigenvalue weighted by Crippen LogP contribution is -2.20. The average molecular weight is 526 g/mol. The highest BCUT2D eigenvalue weighted by Crippen LogP contribution is 2.42. The molecule has 0 aliphatic carbocycles. The molecular formula is C23H14BrClN4O4. The number of imide groups is 1. The fraction of sp³-hybridized carbons (Fsp3) is 0.0435. The number of hydrogen-bond donors (Lipinski definition) is 3. The number of nitrogens with zero attached hydrogens (tertiary/aromatic N) is 2. The van der Waals surface area contributed by atoms with E-state index in [2.05, 4.69) is 31.5 Å². The van der Waals surface area contributed by atoms with Crippen LogP contribution in [0.25, 0.3) is 22.0 Å². The number of benzene rings is 2. The van der Waals surface area contributed by atoms with Gasteiger partial charge in [0, 0.05) is 29.2 Å². The van der Waals surface area contributed by atoms with Crippen molar-refractivity contribution in [1.82, 2.24) is 14.9 Å². The summed E-state index contributed by atoms with van der Waals surface area (Å²) in [5, 5.41) is 15.7. The maximum atomic E-state index is 13.1. The Kier molecular flexibility index (Phi) is 4.95. The lowest BCUT2D eigenvalue weighted by atomic mass is 9.94. The van der Waals surface area contributed by atoms with Gasteiger partial charge < -0.3 is 15.0 Å². The molecule has 0 atom stereocenters. The van der Waals surface area contributed by atoms with E-state index in [9.17, 15) is 19.5 Å². The number of aromatic hydroxyl groups is 1. The second kappa shape index (κ2) is 7.72. The number of nitrogens with one attached hydrogen (secondary N) is 2. The second-order valence-corrected chi connectivity index (χ2v) is 8.58. The van der Waals surface area contributed by atoms with Crippen molar-refractivity contribution < 1.29 is 19.5 Å². The fourth-order valence-corrected chi connectivity index (χ4v) is 5.12. The van der Waals surface area contributed by atoms with Gasteiger partial charge in [0.15, 0.2) is 11.6 Å². The minimum atomic E-state index is -0.563. The number of pyridine rings is 1. The molecule has 1 aliphatic rings. The molecule has 0 bridgehead atoms. The predicted molar refractivity (Wildman–Crippen MR) is 127 cm³/mol. The van der Waals surface area contributed by atoms with Crippen LogP contribution in [0.1, 0.15) is 31.2 Å². The summed E-state index contributed by atoms with van der Waals surface area (Å²) in [6, 6.07) is 11.7. The van der Waals surface area contributed by atoms with Gasteiger partial charge in [0.25, 0.3) is 17.7 Å². The molecule has 0 radical (unpaired) electrons. The van der Waals surface area contributed by atoms with Crippen molar-refractivity contribution in [3.8, 4) is 16.9 Å². The van der Waals surface area contributed by atoms with E-state index in [0.717, 1.165) is 0 Å². The lowest BCUT2D eigenvalue weighted by molar-refractivity contribution is 0.0879. The van der Waals surface area contributed by atoms with Crippen molar-refractivity contribution in [2.24, 2.45) is 7.05 Å². The normalized spacial score (nSPS) is 12.7. The summed E-state index contributed by atoms with van der Waals surface area (Å²) in [5.74, 6) is -1.85. The number of hydrogen-bond acceptors (Lipinski definition) is 5. The lowest BCUT2D eigenvalue weighted by Gasteiger charge is -2.11. The highest BCUT2D eigenvalue weighted by Gasteiger charge is 2.36. The van der Waals surface area contributed by atoms with Crippen LogP contribution in [0.15, 0.2) is 53.1 Å². The van der Waals surface area contributed by atoms with Crippen LogP contribution in [-0.2, 0) is 7.05 Å². The number of amides is 3. The summed E-state index contributed by atoms with van der Waals surface area (Å²) in [5.41, 5.74) is 2.14. The van der Waals surface area contributed by atoms with E-state index in [1.165, 1.54) is 18.3 Å². The van der Waals surface area contributed by atoms with E-state index in [1.807, 2.05) is 0 Å². The molecule has 0 unspecified atom stereocenters. The maximum Gasteiger partial charge on any atom is 0.274 e. The van der Waals surface area contributed by atoms with Crippen molar-refractivity contribution in [3.05, 3.63) is 75.0 Å². The Morgan fingerprint density at radius 3 is 2.58 bits per heavy atom. The monoisotopic (exact) mass is 524 g/mol. The molecule has 0 spiro atoms. The molecule has 164 valence electrons. The summed E-state index contributed by atoms with van der Waals surface area (Å²) >= 11 is 9.85. The van der Waals surface area contributed by atoms with E-state index in [-0.39, 0.29) is 28.4 Å². The molecule has 3 N–H and O–H groups in total. The molecule has 3 heterocycles. The molecule has 10 heteroatoms. The Morgan fingerprint density at radius 2 is 1.85 bits per heavy atom. The van der Waals surface area contributed by atoms with Gasteiger partial charge in [0.05, 0.1) is 21.1 Å². The van der Waals surface area contributed by atoms with E-state index in [1.54, 1.807) is 41.9 Å². The third-order valence-electron chi connectivity index (χ3n) is 5.51. The number of carbonyl (C=O) groups excluding carboxylic acids is 3. The van der Waals surface area contributed by atoms with Crippen LogP contribution < -0.4 is 10.6 Å². The van der Waals surface area contributed by atoms with Gasteiger partial charge in [-0.2, -0.15) is 0 Å². The number of aromatic nitrogens is 2. The van der Waals surface area contributed by atoms with Crippen LogP contribution in [0.2, 0.25) is 5.02 Å². The van der Waals surface area contributed by atoms with E-state index < -0.39 is 17.7 Å². The molecule has 33 heavy (non-hydrogen) atoms. The van der Waals surface area contributed by atoms with Crippen molar-refractivity contribution >= 4 is 62.0 Å². The molecule has 2 aromatic carbocycles. The molecular weight excluding hydrogens is 512 g/mol. The van der Waals surface area contributed by atoms with Crippen LogP contribution in [0.5, 0.6) is 5.75 Å². The number of aryl methyl sites for hydroxylation is 1. The zero-order valence-electron chi connectivity index (χ0n) is 16.9. The molecule has 8 nitrogen and oxygen atoms in total. The summed E-state index contributed by atoms with van der Waals surface area (Å²) in [4.78, 5) is 42.6. The van der Waals surface area contributed by atoms with Gasteiger partial charge in [0.1, 0.15) is 5.69 Å². The zero-order valence-corrected chi connectivity index (χ0v) is 19.3.